The lowest BCUT2D eigenvalue weighted by atomic mass is 10.1. The molecule has 0 aliphatic carbocycles. The van der Waals surface area contributed by atoms with Crippen molar-refractivity contribution < 1.29 is 18.3 Å². The Bertz CT molecular complexity index is 469. The van der Waals surface area contributed by atoms with Gasteiger partial charge in [0.15, 0.2) is 5.78 Å². The predicted octanol–water partition coefficient (Wildman–Crippen LogP) is 3.12. The molecule has 84 valence electrons. The van der Waals surface area contributed by atoms with Crippen molar-refractivity contribution in [1.82, 2.24) is 0 Å². The van der Waals surface area contributed by atoms with E-state index in [9.17, 15) is 13.6 Å². The van der Waals surface area contributed by atoms with E-state index < -0.39 is 12.4 Å². The van der Waals surface area contributed by atoms with Crippen LogP contribution in [0.25, 0.3) is 0 Å². The van der Waals surface area contributed by atoms with Crippen LogP contribution < -0.4 is 4.74 Å². The van der Waals surface area contributed by atoms with Crippen LogP contribution in [0.3, 0.4) is 0 Å². The molecule has 3 nitrogen and oxygen atoms in total. The van der Waals surface area contributed by atoms with Crippen LogP contribution in [0.1, 0.15) is 22.8 Å². The van der Waals surface area contributed by atoms with Gasteiger partial charge in [-0.3, -0.25) is 4.79 Å². The number of nitrogens with zero attached hydrogens (tertiary/aromatic N) is 1. The van der Waals surface area contributed by atoms with Gasteiger partial charge in [0.2, 0.25) is 0 Å². The van der Waals surface area contributed by atoms with Crippen molar-refractivity contribution in [3.05, 3.63) is 27.7 Å². The first kappa shape index (κ1) is 12.6. The highest BCUT2D eigenvalue weighted by Crippen LogP contribution is 2.30. The van der Waals surface area contributed by atoms with Gasteiger partial charge in [0.05, 0.1) is 17.2 Å². The monoisotopic (exact) mass is 289 g/mol. The molecule has 0 spiro atoms. The topological polar surface area (TPSA) is 50.1 Å². The molecule has 1 aromatic rings. The normalized spacial score (nSPS) is 10.0. The van der Waals surface area contributed by atoms with Crippen molar-refractivity contribution in [2.45, 2.75) is 13.5 Å². The number of halogens is 3. The van der Waals surface area contributed by atoms with Crippen LogP contribution >= 0.6 is 15.9 Å². The SMILES string of the molecule is CC(=O)c1c(Br)cc(C#N)cc1OC(F)F. The van der Waals surface area contributed by atoms with Gasteiger partial charge in [-0.2, -0.15) is 14.0 Å². The van der Waals surface area contributed by atoms with E-state index in [1.165, 1.54) is 13.0 Å². The van der Waals surface area contributed by atoms with Crippen LogP contribution in [-0.4, -0.2) is 12.4 Å². The zero-order valence-electron chi connectivity index (χ0n) is 8.13. The van der Waals surface area contributed by atoms with Crippen LogP contribution in [0.4, 0.5) is 8.78 Å². The zero-order chi connectivity index (χ0) is 12.3. The summed E-state index contributed by atoms with van der Waals surface area (Å²) in [4.78, 5) is 11.2. The second-order valence-corrected chi connectivity index (χ2v) is 3.73. The van der Waals surface area contributed by atoms with E-state index >= 15 is 0 Å². The summed E-state index contributed by atoms with van der Waals surface area (Å²) in [6.07, 6.45) is 0. The first-order chi connectivity index (χ1) is 7.45. The van der Waals surface area contributed by atoms with Crippen LogP contribution in [0.15, 0.2) is 16.6 Å². The largest absolute Gasteiger partial charge is 0.434 e. The highest BCUT2D eigenvalue weighted by molar-refractivity contribution is 9.10. The molecule has 0 N–H and O–H groups in total. The second kappa shape index (κ2) is 5.03. The summed E-state index contributed by atoms with van der Waals surface area (Å²) in [6.45, 7) is -1.82. The Balaban J connectivity index is 3.35. The number of hydrogen-bond acceptors (Lipinski definition) is 3. The van der Waals surface area contributed by atoms with Crippen LogP contribution in [0.5, 0.6) is 5.75 Å². The minimum absolute atomic E-state index is 0.000648. The van der Waals surface area contributed by atoms with E-state index in [4.69, 9.17) is 5.26 Å². The second-order valence-electron chi connectivity index (χ2n) is 2.88. The van der Waals surface area contributed by atoms with Gasteiger partial charge < -0.3 is 4.74 Å². The Morgan fingerprint density at radius 2 is 2.19 bits per heavy atom. The Kier molecular flexibility index (Phi) is 3.96. The number of hydrogen-bond donors (Lipinski definition) is 0. The summed E-state index contributed by atoms with van der Waals surface area (Å²) >= 11 is 3.03. The molecule has 0 aliphatic rings. The molecule has 0 saturated heterocycles. The van der Waals surface area contributed by atoms with Crippen LogP contribution in [0.2, 0.25) is 0 Å². The van der Waals surface area contributed by atoms with E-state index in [1.54, 1.807) is 6.07 Å². The average Bonchev–Trinajstić information content (AvgIpc) is 2.14. The molecule has 0 amide bonds. The predicted molar refractivity (Wildman–Crippen MR) is 55.5 cm³/mol. The van der Waals surface area contributed by atoms with E-state index in [0.29, 0.717) is 0 Å². The lowest BCUT2D eigenvalue weighted by Crippen LogP contribution is -2.07. The number of Topliss-reactive ketones (excluding diaryl/α,β-unsaturated/α-hetero) is 1. The number of benzene rings is 1. The van der Waals surface area contributed by atoms with Gasteiger partial charge in [-0.15, -0.1) is 0 Å². The van der Waals surface area contributed by atoms with Crippen LogP contribution in [-0.2, 0) is 0 Å². The Morgan fingerprint density at radius 1 is 1.56 bits per heavy atom. The summed E-state index contributed by atoms with van der Waals surface area (Å²) in [7, 11) is 0. The van der Waals surface area contributed by atoms with E-state index in [2.05, 4.69) is 20.7 Å². The van der Waals surface area contributed by atoms with Gasteiger partial charge in [0.25, 0.3) is 0 Å². The summed E-state index contributed by atoms with van der Waals surface area (Å²) in [6, 6.07) is 4.26. The Morgan fingerprint density at radius 3 is 2.62 bits per heavy atom. The van der Waals surface area contributed by atoms with Gasteiger partial charge in [-0.1, -0.05) is 0 Å². The summed E-state index contributed by atoms with van der Waals surface area (Å²) < 4.78 is 28.7. The maximum Gasteiger partial charge on any atom is 0.387 e. The molecule has 0 fully saturated rings. The fourth-order valence-corrected chi connectivity index (χ4v) is 1.90. The molecule has 0 atom stereocenters. The third kappa shape index (κ3) is 2.76. The van der Waals surface area contributed by atoms with E-state index in [-0.39, 0.29) is 21.3 Å². The van der Waals surface area contributed by atoms with Crippen molar-refractivity contribution in [2.24, 2.45) is 0 Å². The third-order valence-corrected chi connectivity index (χ3v) is 2.38. The van der Waals surface area contributed by atoms with Gasteiger partial charge >= 0.3 is 6.61 Å². The molecule has 0 aliphatic heterocycles. The van der Waals surface area contributed by atoms with Crippen molar-refractivity contribution in [1.29, 1.82) is 5.26 Å². The fraction of sp³-hybridized carbons (Fsp3) is 0.200. The van der Waals surface area contributed by atoms with Crippen molar-refractivity contribution in [2.75, 3.05) is 0 Å². The number of carbonyl (C=O) groups is 1. The zero-order valence-corrected chi connectivity index (χ0v) is 9.72. The molecule has 16 heavy (non-hydrogen) atoms. The van der Waals surface area contributed by atoms with Gasteiger partial charge in [0.1, 0.15) is 5.75 Å². The molecule has 1 rings (SSSR count). The molecule has 0 saturated carbocycles. The number of nitriles is 1. The number of ether oxygens (including phenoxy) is 1. The minimum atomic E-state index is -3.04. The Labute approximate surface area is 98.8 Å². The van der Waals surface area contributed by atoms with E-state index in [1.807, 2.05) is 0 Å². The molecular weight excluding hydrogens is 284 g/mol. The maximum atomic E-state index is 12.1. The third-order valence-electron chi connectivity index (χ3n) is 1.75. The van der Waals surface area contributed by atoms with E-state index in [0.717, 1.165) is 6.07 Å². The Hall–Kier alpha value is -1.48. The molecule has 6 heteroatoms. The molecule has 0 bridgehead atoms. The number of alkyl halides is 2. The molecular formula is C10H6BrF2NO2. The van der Waals surface area contributed by atoms with Crippen molar-refractivity contribution in [3.8, 4) is 11.8 Å². The summed E-state index contributed by atoms with van der Waals surface area (Å²) in [5, 5.41) is 8.65. The molecule has 0 aromatic heterocycles. The standard InChI is InChI=1S/C10H6BrF2NO2/c1-5(15)9-7(11)2-6(4-14)3-8(9)16-10(12)13/h2-3,10H,1H3. The van der Waals surface area contributed by atoms with Crippen molar-refractivity contribution >= 4 is 21.7 Å². The summed E-state index contributed by atoms with van der Waals surface area (Å²) in [5.74, 6) is -0.722. The molecule has 0 heterocycles. The first-order valence-electron chi connectivity index (χ1n) is 4.15. The molecule has 1 aromatic carbocycles. The highest BCUT2D eigenvalue weighted by atomic mass is 79.9. The first-order valence-corrected chi connectivity index (χ1v) is 4.94. The lowest BCUT2D eigenvalue weighted by Gasteiger charge is -2.10. The quantitative estimate of drug-likeness (QED) is 0.804. The lowest BCUT2D eigenvalue weighted by molar-refractivity contribution is -0.0501. The van der Waals surface area contributed by atoms with Gasteiger partial charge in [0, 0.05) is 4.47 Å². The molecule has 0 radical (unpaired) electrons. The molecule has 0 unspecified atom stereocenters. The summed E-state index contributed by atoms with van der Waals surface area (Å²) in [5.41, 5.74) is 0.131. The number of rotatable bonds is 3. The van der Waals surface area contributed by atoms with Gasteiger partial charge in [-0.05, 0) is 35.0 Å². The van der Waals surface area contributed by atoms with Crippen LogP contribution in [0, 0.1) is 11.3 Å². The smallest absolute Gasteiger partial charge is 0.387 e. The number of carbonyl (C=O) groups excluding carboxylic acids is 1. The average molecular weight is 290 g/mol. The minimum Gasteiger partial charge on any atom is -0.434 e. The number of ketones is 1. The highest BCUT2D eigenvalue weighted by Gasteiger charge is 2.17. The van der Waals surface area contributed by atoms with Gasteiger partial charge in [-0.25, -0.2) is 0 Å². The maximum absolute atomic E-state index is 12.1. The fourth-order valence-electron chi connectivity index (χ4n) is 1.18. The van der Waals surface area contributed by atoms with Crippen molar-refractivity contribution in [3.63, 3.8) is 0 Å².